The van der Waals surface area contributed by atoms with Gasteiger partial charge in [0.25, 0.3) is 10.0 Å². The number of sulfonamides is 1. The minimum Gasteiger partial charge on any atom is -0.278 e. The molecule has 9 heteroatoms. The summed E-state index contributed by atoms with van der Waals surface area (Å²) in [4.78, 5) is -0.0276. The molecule has 3 rings (SSSR count). The minimum atomic E-state index is -3.86. The van der Waals surface area contributed by atoms with Crippen molar-refractivity contribution in [2.45, 2.75) is 4.90 Å². The van der Waals surface area contributed by atoms with Gasteiger partial charge in [0, 0.05) is 4.47 Å². The van der Waals surface area contributed by atoms with Gasteiger partial charge in [-0.15, -0.1) is 0 Å². The van der Waals surface area contributed by atoms with E-state index in [0.29, 0.717) is 5.52 Å². The van der Waals surface area contributed by atoms with Crippen LogP contribution in [-0.4, -0.2) is 18.7 Å². The smallest absolute Gasteiger partial charge is 0.264 e. The van der Waals surface area contributed by atoms with Crippen LogP contribution in [0.4, 0.5) is 5.69 Å². The molecule has 0 spiro atoms. The normalized spacial score (nSPS) is 11.7. The average Bonchev–Trinajstić information content (AvgIpc) is 2.90. The van der Waals surface area contributed by atoms with Gasteiger partial charge >= 0.3 is 0 Å². The molecule has 0 fully saturated rings. The average molecular weight is 389 g/mol. The molecular formula is C12H7BrClN3O3S. The van der Waals surface area contributed by atoms with Gasteiger partial charge in [-0.1, -0.05) is 33.6 Å². The van der Waals surface area contributed by atoms with Crippen molar-refractivity contribution < 1.29 is 13.0 Å². The van der Waals surface area contributed by atoms with Crippen LogP contribution in [0.1, 0.15) is 0 Å². The van der Waals surface area contributed by atoms with Crippen LogP contribution in [0.15, 0.2) is 50.4 Å². The minimum absolute atomic E-state index is 0.0276. The van der Waals surface area contributed by atoms with E-state index in [1.54, 1.807) is 30.3 Å². The molecule has 0 aliphatic carbocycles. The topological polar surface area (TPSA) is 85.1 Å². The zero-order chi connectivity index (χ0) is 15.0. The number of nitrogens with one attached hydrogen (secondary N) is 1. The van der Waals surface area contributed by atoms with E-state index in [1.807, 2.05) is 0 Å². The monoisotopic (exact) mass is 387 g/mol. The fraction of sp³-hybridized carbons (Fsp3) is 0. The second kappa shape index (κ2) is 5.28. The number of fused-ring (bicyclic) bond motifs is 1. The van der Waals surface area contributed by atoms with Crippen molar-refractivity contribution in [1.82, 2.24) is 10.3 Å². The van der Waals surface area contributed by atoms with Crippen molar-refractivity contribution in [3.8, 4) is 0 Å². The Morgan fingerprint density at radius 2 is 2.00 bits per heavy atom. The van der Waals surface area contributed by atoms with Gasteiger partial charge in [0.2, 0.25) is 0 Å². The first kappa shape index (κ1) is 14.3. The van der Waals surface area contributed by atoms with Crippen LogP contribution in [0, 0.1) is 0 Å². The molecule has 0 aliphatic rings. The third kappa shape index (κ3) is 2.74. The largest absolute Gasteiger partial charge is 0.278 e. The van der Waals surface area contributed by atoms with E-state index in [9.17, 15) is 8.42 Å². The standard InChI is InChI=1S/C12H7BrClN3O3S/c13-7-4-5-9(8(14)6-7)17-21(18,19)11-3-1-2-10-12(11)16-20-15-10/h1-6,17H. The molecular weight excluding hydrogens is 382 g/mol. The highest BCUT2D eigenvalue weighted by Gasteiger charge is 2.21. The van der Waals surface area contributed by atoms with E-state index < -0.39 is 10.0 Å². The van der Waals surface area contributed by atoms with Crippen LogP contribution in [0.25, 0.3) is 11.0 Å². The Labute approximate surface area is 133 Å². The molecule has 1 heterocycles. The Bertz CT molecular complexity index is 926. The quantitative estimate of drug-likeness (QED) is 0.743. The summed E-state index contributed by atoms with van der Waals surface area (Å²) in [5.41, 5.74) is 0.798. The van der Waals surface area contributed by atoms with E-state index in [-0.39, 0.29) is 21.1 Å². The first-order valence-corrected chi connectivity index (χ1v) is 8.32. The van der Waals surface area contributed by atoms with Gasteiger partial charge in [0.15, 0.2) is 5.52 Å². The fourth-order valence-corrected chi connectivity index (χ4v) is 3.78. The second-order valence-electron chi connectivity index (χ2n) is 4.12. The van der Waals surface area contributed by atoms with Crippen molar-refractivity contribution in [2.24, 2.45) is 0 Å². The van der Waals surface area contributed by atoms with E-state index >= 15 is 0 Å². The van der Waals surface area contributed by atoms with Gasteiger partial charge in [-0.3, -0.25) is 4.72 Å². The van der Waals surface area contributed by atoms with Gasteiger partial charge in [-0.05, 0) is 40.6 Å². The molecule has 2 aromatic carbocycles. The summed E-state index contributed by atoms with van der Waals surface area (Å²) in [5, 5.41) is 7.51. The molecule has 0 saturated heterocycles. The highest BCUT2D eigenvalue weighted by molar-refractivity contribution is 9.10. The summed E-state index contributed by atoms with van der Waals surface area (Å²) < 4.78 is 32.7. The molecule has 0 unspecified atom stereocenters. The molecule has 0 radical (unpaired) electrons. The Balaban J connectivity index is 2.06. The first-order chi connectivity index (χ1) is 9.97. The van der Waals surface area contributed by atoms with E-state index in [0.717, 1.165) is 4.47 Å². The van der Waals surface area contributed by atoms with Gasteiger partial charge in [-0.25, -0.2) is 13.0 Å². The maximum atomic E-state index is 12.5. The molecule has 0 atom stereocenters. The number of halogens is 2. The van der Waals surface area contributed by atoms with Crippen LogP contribution < -0.4 is 4.72 Å². The molecule has 1 aromatic heterocycles. The number of anilines is 1. The summed E-state index contributed by atoms with van der Waals surface area (Å²) in [6, 6.07) is 9.42. The number of aromatic nitrogens is 2. The molecule has 0 aliphatic heterocycles. The van der Waals surface area contributed by atoms with Crippen LogP contribution in [-0.2, 0) is 10.0 Å². The summed E-state index contributed by atoms with van der Waals surface area (Å²) >= 11 is 9.27. The van der Waals surface area contributed by atoms with E-state index in [1.165, 1.54) is 6.07 Å². The van der Waals surface area contributed by atoms with E-state index in [4.69, 9.17) is 11.6 Å². The SMILES string of the molecule is O=S(=O)(Nc1ccc(Br)cc1Cl)c1cccc2nonc12. The Morgan fingerprint density at radius 3 is 2.76 bits per heavy atom. The third-order valence-electron chi connectivity index (χ3n) is 2.71. The van der Waals surface area contributed by atoms with Gasteiger partial charge in [-0.2, -0.15) is 0 Å². The molecule has 6 nitrogen and oxygen atoms in total. The predicted molar refractivity (Wildman–Crippen MR) is 81.8 cm³/mol. The number of benzene rings is 2. The van der Waals surface area contributed by atoms with Crippen LogP contribution in [0.2, 0.25) is 5.02 Å². The molecule has 0 bridgehead atoms. The lowest BCUT2D eigenvalue weighted by atomic mass is 10.3. The van der Waals surface area contributed by atoms with E-state index in [2.05, 4.69) is 35.6 Å². The fourth-order valence-electron chi connectivity index (χ4n) is 1.77. The number of hydrogen-bond donors (Lipinski definition) is 1. The Kier molecular flexibility index (Phi) is 3.60. The summed E-state index contributed by atoms with van der Waals surface area (Å²) in [5.74, 6) is 0. The van der Waals surface area contributed by atoms with Gasteiger partial charge < -0.3 is 0 Å². The van der Waals surface area contributed by atoms with Gasteiger partial charge in [0.05, 0.1) is 10.7 Å². The van der Waals surface area contributed by atoms with Crippen molar-refractivity contribution >= 4 is 54.3 Å². The third-order valence-corrected chi connectivity index (χ3v) is 4.92. The van der Waals surface area contributed by atoms with Gasteiger partial charge in [0.1, 0.15) is 10.4 Å². The zero-order valence-electron chi connectivity index (χ0n) is 10.2. The van der Waals surface area contributed by atoms with Crippen molar-refractivity contribution in [3.05, 3.63) is 45.9 Å². The molecule has 3 aromatic rings. The van der Waals surface area contributed by atoms with Crippen LogP contribution >= 0.6 is 27.5 Å². The molecule has 1 N–H and O–H groups in total. The van der Waals surface area contributed by atoms with Crippen LogP contribution in [0.3, 0.4) is 0 Å². The maximum absolute atomic E-state index is 12.5. The van der Waals surface area contributed by atoms with Crippen molar-refractivity contribution in [3.63, 3.8) is 0 Å². The summed E-state index contributed by atoms with van der Waals surface area (Å²) in [7, 11) is -3.86. The van der Waals surface area contributed by atoms with Crippen molar-refractivity contribution in [2.75, 3.05) is 4.72 Å². The second-order valence-corrected chi connectivity index (χ2v) is 7.09. The van der Waals surface area contributed by atoms with Crippen molar-refractivity contribution in [1.29, 1.82) is 0 Å². The molecule has 0 saturated carbocycles. The maximum Gasteiger partial charge on any atom is 0.264 e. The number of nitrogens with zero attached hydrogens (tertiary/aromatic N) is 2. The highest BCUT2D eigenvalue weighted by Crippen LogP contribution is 2.29. The first-order valence-electron chi connectivity index (χ1n) is 5.66. The number of hydrogen-bond acceptors (Lipinski definition) is 5. The lowest BCUT2D eigenvalue weighted by Crippen LogP contribution is -2.13. The summed E-state index contributed by atoms with van der Waals surface area (Å²) in [6.45, 7) is 0. The lowest BCUT2D eigenvalue weighted by Gasteiger charge is -2.09. The molecule has 21 heavy (non-hydrogen) atoms. The zero-order valence-corrected chi connectivity index (χ0v) is 13.4. The predicted octanol–water partition coefficient (Wildman–Crippen LogP) is 3.44. The van der Waals surface area contributed by atoms with Crippen LogP contribution in [0.5, 0.6) is 0 Å². The molecule has 0 amide bonds. The summed E-state index contributed by atoms with van der Waals surface area (Å²) in [6.07, 6.45) is 0. The lowest BCUT2D eigenvalue weighted by molar-refractivity contribution is 0.315. The Morgan fingerprint density at radius 1 is 1.19 bits per heavy atom. The highest BCUT2D eigenvalue weighted by atomic mass is 79.9. The molecule has 108 valence electrons. The Hall–Kier alpha value is -1.64. The number of rotatable bonds is 3.